The summed E-state index contributed by atoms with van der Waals surface area (Å²) >= 11 is 2.79. The van der Waals surface area contributed by atoms with Gasteiger partial charge in [0.15, 0.2) is 0 Å². The molecule has 0 aliphatic rings. The van der Waals surface area contributed by atoms with Crippen LogP contribution < -0.4 is 5.73 Å². The summed E-state index contributed by atoms with van der Waals surface area (Å²) in [4.78, 5) is 11.2. The minimum absolute atomic E-state index is 0.0811. The smallest absolute Gasteiger partial charge is 0.416 e. The first-order valence-electron chi connectivity index (χ1n) is 5.68. The van der Waals surface area contributed by atoms with Gasteiger partial charge in [0.25, 0.3) is 0 Å². The van der Waals surface area contributed by atoms with Crippen molar-refractivity contribution < 1.29 is 31.5 Å². The maximum Gasteiger partial charge on any atom is 0.416 e. The van der Waals surface area contributed by atoms with E-state index in [-0.39, 0.29) is 11.1 Å². The number of ether oxygens (including phenoxy) is 1. The van der Waals surface area contributed by atoms with Crippen LogP contribution in [0.25, 0.3) is 0 Å². The van der Waals surface area contributed by atoms with E-state index in [4.69, 9.17) is 5.73 Å². The summed E-state index contributed by atoms with van der Waals surface area (Å²) in [6.45, 7) is 1.02. The predicted octanol–water partition coefficient (Wildman–Crippen LogP) is 3.67. The van der Waals surface area contributed by atoms with E-state index in [1.54, 1.807) is 0 Å². The molecule has 0 heterocycles. The molecule has 0 radical (unpaired) electrons. The van der Waals surface area contributed by atoms with E-state index < -0.39 is 35.2 Å². The van der Waals surface area contributed by atoms with Crippen LogP contribution in [-0.2, 0) is 15.7 Å². The number of nitrogens with two attached hydrogens (primary N) is 1. The normalized spacial score (nSPS) is 13.9. The van der Waals surface area contributed by atoms with Gasteiger partial charge in [-0.1, -0.05) is 15.9 Å². The van der Waals surface area contributed by atoms with Crippen LogP contribution in [0.15, 0.2) is 22.7 Å². The second-order valence-corrected chi connectivity index (χ2v) is 5.01. The molecule has 3 nitrogen and oxygen atoms in total. The molecule has 0 aromatic heterocycles. The van der Waals surface area contributed by atoms with Crippen molar-refractivity contribution in [1.82, 2.24) is 0 Å². The molecule has 0 aliphatic carbocycles. The first-order chi connectivity index (χ1) is 9.50. The van der Waals surface area contributed by atoms with Crippen molar-refractivity contribution in [1.29, 1.82) is 0 Å². The van der Waals surface area contributed by atoms with Crippen molar-refractivity contribution in [2.45, 2.75) is 25.1 Å². The molecule has 21 heavy (non-hydrogen) atoms. The fraction of sp³-hybridized carbons (Fsp3) is 0.417. The quantitative estimate of drug-likeness (QED) is 0.645. The minimum atomic E-state index is -4.72. The van der Waals surface area contributed by atoms with Crippen molar-refractivity contribution in [2.75, 3.05) is 6.61 Å². The standard InChI is InChI=1S/C12H11BrF5NO2/c1-2-21-10(20)11(14,15)9(19)6-3-7(12(16,17)18)5-8(13)4-6/h3-5,9H,2,19H2,1H3/t9-/m1/s1. The zero-order valence-electron chi connectivity index (χ0n) is 10.7. The number of hydrogen-bond acceptors (Lipinski definition) is 3. The summed E-state index contributed by atoms with van der Waals surface area (Å²) in [7, 11) is 0. The van der Waals surface area contributed by atoms with Crippen LogP contribution >= 0.6 is 15.9 Å². The average Bonchev–Trinajstić information content (AvgIpc) is 2.36. The Labute approximate surface area is 125 Å². The van der Waals surface area contributed by atoms with E-state index in [1.165, 1.54) is 6.92 Å². The number of halogens is 6. The van der Waals surface area contributed by atoms with E-state index in [1.807, 2.05) is 0 Å². The van der Waals surface area contributed by atoms with Crippen molar-refractivity contribution in [3.05, 3.63) is 33.8 Å². The molecule has 0 fully saturated rings. The Hall–Kier alpha value is -1.22. The fourth-order valence-electron chi connectivity index (χ4n) is 1.52. The lowest BCUT2D eigenvalue weighted by molar-refractivity contribution is -0.174. The van der Waals surface area contributed by atoms with Crippen molar-refractivity contribution in [2.24, 2.45) is 5.73 Å². The van der Waals surface area contributed by atoms with Crippen LogP contribution in [-0.4, -0.2) is 18.5 Å². The largest absolute Gasteiger partial charge is 0.462 e. The van der Waals surface area contributed by atoms with Crippen molar-refractivity contribution >= 4 is 21.9 Å². The number of alkyl halides is 5. The molecular weight excluding hydrogens is 365 g/mol. The van der Waals surface area contributed by atoms with Crippen LogP contribution in [0.3, 0.4) is 0 Å². The molecule has 9 heteroatoms. The topological polar surface area (TPSA) is 52.3 Å². The van der Waals surface area contributed by atoms with Crippen LogP contribution in [0.4, 0.5) is 22.0 Å². The van der Waals surface area contributed by atoms with Crippen molar-refractivity contribution in [3.8, 4) is 0 Å². The molecule has 0 bridgehead atoms. The zero-order chi connectivity index (χ0) is 16.4. The molecule has 0 aliphatic heterocycles. The van der Waals surface area contributed by atoms with E-state index in [9.17, 15) is 26.7 Å². The summed E-state index contributed by atoms with van der Waals surface area (Å²) < 4.78 is 69.5. The molecule has 0 unspecified atom stereocenters. The lowest BCUT2D eigenvalue weighted by Crippen LogP contribution is -2.41. The molecule has 1 aromatic rings. The van der Waals surface area contributed by atoms with Crippen molar-refractivity contribution in [3.63, 3.8) is 0 Å². The third kappa shape index (κ3) is 4.13. The van der Waals surface area contributed by atoms with E-state index >= 15 is 0 Å². The number of benzene rings is 1. The summed E-state index contributed by atoms with van der Waals surface area (Å²) in [5.41, 5.74) is 3.56. The highest BCUT2D eigenvalue weighted by molar-refractivity contribution is 9.10. The first kappa shape index (κ1) is 17.8. The Balaban J connectivity index is 3.21. The second-order valence-electron chi connectivity index (χ2n) is 4.09. The second kappa shape index (κ2) is 6.27. The van der Waals surface area contributed by atoms with Gasteiger partial charge in [0, 0.05) is 4.47 Å². The predicted molar refractivity (Wildman–Crippen MR) is 67.7 cm³/mol. The molecule has 0 saturated carbocycles. The molecule has 1 aromatic carbocycles. The Bertz CT molecular complexity index is 533. The SMILES string of the molecule is CCOC(=O)C(F)(F)[C@H](N)c1cc(Br)cc(C(F)(F)F)c1. The monoisotopic (exact) mass is 375 g/mol. The molecular formula is C12H11BrF5NO2. The van der Waals surface area contributed by atoms with Gasteiger partial charge in [-0.3, -0.25) is 0 Å². The maximum absolute atomic E-state index is 13.7. The van der Waals surface area contributed by atoms with Gasteiger partial charge in [-0.05, 0) is 30.7 Å². The molecule has 1 atom stereocenters. The van der Waals surface area contributed by atoms with Crippen LogP contribution in [0.5, 0.6) is 0 Å². The molecule has 0 saturated heterocycles. The van der Waals surface area contributed by atoms with Gasteiger partial charge in [0.2, 0.25) is 0 Å². The van der Waals surface area contributed by atoms with Gasteiger partial charge in [-0.2, -0.15) is 22.0 Å². The lowest BCUT2D eigenvalue weighted by Gasteiger charge is -2.22. The number of rotatable bonds is 4. The number of carbonyl (C=O) groups is 1. The lowest BCUT2D eigenvalue weighted by atomic mass is 9.99. The molecule has 0 amide bonds. The fourth-order valence-corrected chi connectivity index (χ4v) is 2.03. The maximum atomic E-state index is 13.7. The Morgan fingerprint density at radius 1 is 1.29 bits per heavy atom. The highest BCUT2D eigenvalue weighted by Gasteiger charge is 2.48. The number of hydrogen-bond donors (Lipinski definition) is 1. The number of carbonyl (C=O) groups excluding carboxylic acids is 1. The third-order valence-corrected chi connectivity index (χ3v) is 3.00. The zero-order valence-corrected chi connectivity index (χ0v) is 12.3. The van der Waals surface area contributed by atoms with Gasteiger partial charge in [-0.25, -0.2) is 4.79 Å². The molecule has 2 N–H and O–H groups in total. The highest BCUT2D eigenvalue weighted by Crippen LogP contribution is 2.36. The van der Waals surface area contributed by atoms with Gasteiger partial charge < -0.3 is 10.5 Å². The number of esters is 1. The van der Waals surface area contributed by atoms with Gasteiger partial charge in [0.1, 0.15) is 6.04 Å². The highest BCUT2D eigenvalue weighted by atomic mass is 79.9. The molecule has 1 rings (SSSR count). The molecule has 0 spiro atoms. The van der Waals surface area contributed by atoms with Crippen LogP contribution in [0.1, 0.15) is 24.1 Å². The van der Waals surface area contributed by atoms with Gasteiger partial charge >= 0.3 is 18.1 Å². The van der Waals surface area contributed by atoms with E-state index in [2.05, 4.69) is 20.7 Å². The van der Waals surface area contributed by atoms with Gasteiger partial charge in [0.05, 0.1) is 12.2 Å². The summed E-state index contributed by atoms with van der Waals surface area (Å²) in [5, 5.41) is 0. The Morgan fingerprint density at radius 2 is 1.86 bits per heavy atom. The summed E-state index contributed by atoms with van der Waals surface area (Å²) in [6, 6.07) is -0.0657. The van der Waals surface area contributed by atoms with Crippen LogP contribution in [0, 0.1) is 0 Å². The first-order valence-corrected chi connectivity index (χ1v) is 6.47. The Morgan fingerprint density at radius 3 is 2.33 bits per heavy atom. The summed E-state index contributed by atoms with van der Waals surface area (Å²) in [5.74, 6) is -6.02. The average molecular weight is 376 g/mol. The van der Waals surface area contributed by atoms with Gasteiger partial charge in [-0.15, -0.1) is 0 Å². The minimum Gasteiger partial charge on any atom is -0.462 e. The molecule has 118 valence electrons. The summed E-state index contributed by atoms with van der Waals surface area (Å²) in [6.07, 6.45) is -4.72. The third-order valence-electron chi connectivity index (χ3n) is 2.54. The van der Waals surface area contributed by atoms with Crippen LogP contribution in [0.2, 0.25) is 0 Å². The van der Waals surface area contributed by atoms with E-state index in [0.717, 1.165) is 12.1 Å². The Kier molecular flexibility index (Phi) is 5.32. The van der Waals surface area contributed by atoms with E-state index in [0.29, 0.717) is 6.07 Å².